The van der Waals surface area contributed by atoms with Gasteiger partial charge in [0.15, 0.2) is 0 Å². The van der Waals surface area contributed by atoms with E-state index in [4.69, 9.17) is 0 Å². The number of hydrogen-bond donors (Lipinski definition) is 0. The first-order valence-corrected chi connectivity index (χ1v) is 7.30. The number of nitrogens with zero attached hydrogens (tertiary/aromatic N) is 1. The molecular formula is C16H18BrN. The molecule has 18 heavy (non-hydrogen) atoms. The van der Waals surface area contributed by atoms with E-state index < -0.39 is 0 Å². The fraction of sp³-hybridized carbons (Fsp3) is 0.250. The predicted octanol–water partition coefficient (Wildman–Crippen LogP) is 4.55. The molecule has 1 nitrogen and oxygen atoms in total. The highest BCUT2D eigenvalue weighted by Gasteiger charge is 2.09. The zero-order valence-electron chi connectivity index (χ0n) is 10.9. The van der Waals surface area contributed by atoms with Gasteiger partial charge >= 0.3 is 0 Å². The minimum Gasteiger partial charge on any atom is -0.351 e. The Morgan fingerprint density at radius 1 is 1.22 bits per heavy atom. The summed E-state index contributed by atoms with van der Waals surface area (Å²) in [6, 6.07) is 12.8. The van der Waals surface area contributed by atoms with Crippen LogP contribution in [-0.2, 0) is 7.05 Å². The fourth-order valence-electron chi connectivity index (χ4n) is 2.17. The first-order chi connectivity index (χ1) is 8.74. The summed E-state index contributed by atoms with van der Waals surface area (Å²) in [5, 5.41) is 0.993. The molecule has 1 aromatic carbocycles. The van der Waals surface area contributed by atoms with Crippen molar-refractivity contribution in [1.29, 1.82) is 0 Å². The number of aromatic nitrogens is 1. The van der Waals surface area contributed by atoms with Crippen LogP contribution in [0.2, 0.25) is 0 Å². The fourth-order valence-corrected chi connectivity index (χ4v) is 2.40. The van der Waals surface area contributed by atoms with Gasteiger partial charge in [-0.05, 0) is 36.6 Å². The molecule has 94 valence electrons. The SMILES string of the molecule is Cc1ccccc1/C(=C/CCBr)c1cccn1C. The summed E-state index contributed by atoms with van der Waals surface area (Å²) < 4.78 is 2.17. The number of alkyl halides is 1. The molecule has 0 fully saturated rings. The summed E-state index contributed by atoms with van der Waals surface area (Å²) in [4.78, 5) is 0. The Balaban J connectivity index is 2.51. The van der Waals surface area contributed by atoms with Gasteiger partial charge in [0.1, 0.15) is 0 Å². The first-order valence-electron chi connectivity index (χ1n) is 6.18. The third-order valence-electron chi connectivity index (χ3n) is 3.11. The third-order valence-corrected chi connectivity index (χ3v) is 3.57. The van der Waals surface area contributed by atoms with Crippen LogP contribution in [0.25, 0.3) is 5.57 Å². The lowest BCUT2D eigenvalue weighted by Gasteiger charge is -2.12. The highest BCUT2D eigenvalue weighted by atomic mass is 79.9. The van der Waals surface area contributed by atoms with E-state index in [1.807, 2.05) is 0 Å². The first kappa shape index (κ1) is 13.2. The minimum absolute atomic E-state index is 0.993. The molecule has 0 bridgehead atoms. The van der Waals surface area contributed by atoms with Gasteiger partial charge in [0.2, 0.25) is 0 Å². The summed E-state index contributed by atoms with van der Waals surface area (Å²) in [6.45, 7) is 2.17. The number of benzene rings is 1. The van der Waals surface area contributed by atoms with Gasteiger partial charge in [0.05, 0.1) is 0 Å². The van der Waals surface area contributed by atoms with E-state index in [1.54, 1.807) is 0 Å². The maximum Gasteiger partial charge on any atom is 0.0480 e. The number of hydrogen-bond acceptors (Lipinski definition) is 0. The maximum atomic E-state index is 3.50. The Morgan fingerprint density at radius 3 is 2.61 bits per heavy atom. The number of aryl methyl sites for hydroxylation is 2. The van der Waals surface area contributed by atoms with Crippen LogP contribution in [-0.4, -0.2) is 9.90 Å². The molecule has 1 heterocycles. The zero-order chi connectivity index (χ0) is 13.0. The Labute approximate surface area is 117 Å². The van der Waals surface area contributed by atoms with E-state index in [-0.39, 0.29) is 0 Å². The molecular weight excluding hydrogens is 286 g/mol. The van der Waals surface area contributed by atoms with E-state index in [1.165, 1.54) is 22.4 Å². The highest BCUT2D eigenvalue weighted by Crippen LogP contribution is 2.26. The topological polar surface area (TPSA) is 4.93 Å². The molecule has 0 atom stereocenters. The summed E-state index contributed by atoms with van der Waals surface area (Å²) in [7, 11) is 2.09. The lowest BCUT2D eigenvalue weighted by molar-refractivity contribution is 0.908. The van der Waals surface area contributed by atoms with Crippen molar-refractivity contribution in [2.75, 3.05) is 5.33 Å². The Bertz CT molecular complexity index is 552. The molecule has 0 aliphatic carbocycles. The monoisotopic (exact) mass is 303 g/mol. The smallest absolute Gasteiger partial charge is 0.0480 e. The summed E-state index contributed by atoms with van der Waals surface area (Å²) in [6.07, 6.45) is 5.44. The lowest BCUT2D eigenvalue weighted by atomic mass is 9.97. The van der Waals surface area contributed by atoms with Crippen LogP contribution in [0.1, 0.15) is 23.2 Å². The van der Waals surface area contributed by atoms with Crippen molar-refractivity contribution in [3.63, 3.8) is 0 Å². The molecule has 0 amide bonds. The quantitative estimate of drug-likeness (QED) is 0.730. The van der Waals surface area contributed by atoms with Gasteiger partial charge in [0, 0.05) is 29.8 Å². The second kappa shape index (κ2) is 6.05. The van der Waals surface area contributed by atoms with Crippen LogP contribution in [0, 0.1) is 6.92 Å². The number of halogens is 1. The van der Waals surface area contributed by atoms with Crippen LogP contribution in [0.4, 0.5) is 0 Å². The van der Waals surface area contributed by atoms with Gasteiger partial charge in [0.25, 0.3) is 0 Å². The van der Waals surface area contributed by atoms with Crippen molar-refractivity contribution in [2.45, 2.75) is 13.3 Å². The summed E-state index contributed by atoms with van der Waals surface area (Å²) in [5.74, 6) is 0. The van der Waals surface area contributed by atoms with Crippen LogP contribution >= 0.6 is 15.9 Å². The van der Waals surface area contributed by atoms with Crippen LogP contribution < -0.4 is 0 Å². The Kier molecular flexibility index (Phi) is 4.43. The molecule has 0 unspecified atom stereocenters. The summed E-state index contributed by atoms with van der Waals surface area (Å²) >= 11 is 3.50. The van der Waals surface area contributed by atoms with Crippen molar-refractivity contribution in [3.8, 4) is 0 Å². The Morgan fingerprint density at radius 2 is 2.00 bits per heavy atom. The highest BCUT2D eigenvalue weighted by molar-refractivity contribution is 9.09. The molecule has 0 N–H and O–H groups in total. The van der Waals surface area contributed by atoms with Crippen LogP contribution in [0.3, 0.4) is 0 Å². The average molecular weight is 304 g/mol. The molecule has 2 aromatic rings. The molecule has 2 heteroatoms. The average Bonchev–Trinajstić information content (AvgIpc) is 2.78. The van der Waals surface area contributed by atoms with Gasteiger partial charge in [-0.2, -0.15) is 0 Å². The van der Waals surface area contributed by atoms with Crippen molar-refractivity contribution in [3.05, 3.63) is 65.5 Å². The van der Waals surface area contributed by atoms with E-state index in [0.29, 0.717) is 0 Å². The molecule has 0 saturated carbocycles. The zero-order valence-corrected chi connectivity index (χ0v) is 12.4. The second-order valence-electron chi connectivity index (χ2n) is 4.41. The van der Waals surface area contributed by atoms with Crippen molar-refractivity contribution in [2.24, 2.45) is 7.05 Å². The second-order valence-corrected chi connectivity index (χ2v) is 5.21. The number of allylic oxidation sites excluding steroid dienone is 1. The molecule has 2 rings (SSSR count). The van der Waals surface area contributed by atoms with Gasteiger partial charge in [-0.3, -0.25) is 0 Å². The van der Waals surface area contributed by atoms with Crippen molar-refractivity contribution in [1.82, 2.24) is 4.57 Å². The van der Waals surface area contributed by atoms with E-state index >= 15 is 0 Å². The molecule has 0 aliphatic rings. The molecule has 0 saturated heterocycles. The van der Waals surface area contributed by atoms with Gasteiger partial charge < -0.3 is 4.57 Å². The van der Waals surface area contributed by atoms with Crippen molar-refractivity contribution < 1.29 is 0 Å². The molecule has 0 aliphatic heterocycles. The maximum absolute atomic E-state index is 3.50. The normalized spacial score (nSPS) is 11.8. The van der Waals surface area contributed by atoms with Crippen LogP contribution in [0.15, 0.2) is 48.7 Å². The predicted molar refractivity (Wildman–Crippen MR) is 82.1 cm³/mol. The van der Waals surface area contributed by atoms with Crippen molar-refractivity contribution >= 4 is 21.5 Å². The van der Waals surface area contributed by atoms with Gasteiger partial charge in [-0.15, -0.1) is 0 Å². The molecule has 1 aromatic heterocycles. The summed E-state index contributed by atoms with van der Waals surface area (Å²) in [5.41, 5.74) is 5.23. The molecule has 0 spiro atoms. The number of rotatable bonds is 4. The van der Waals surface area contributed by atoms with Crippen LogP contribution in [0.5, 0.6) is 0 Å². The third kappa shape index (κ3) is 2.75. The van der Waals surface area contributed by atoms with Gasteiger partial charge in [-0.25, -0.2) is 0 Å². The van der Waals surface area contributed by atoms with E-state index in [9.17, 15) is 0 Å². The minimum atomic E-state index is 0.993. The Hall–Kier alpha value is -1.28. The largest absolute Gasteiger partial charge is 0.351 e. The standard InChI is InChI=1S/C16H18BrN/c1-13-7-3-4-8-14(13)15(9-5-11-17)16-10-6-12-18(16)2/h3-4,6-10,12H,5,11H2,1-2H3/b15-9-. The molecule has 0 radical (unpaired) electrons. The van der Waals surface area contributed by atoms with E-state index in [2.05, 4.69) is 83.1 Å². The lowest BCUT2D eigenvalue weighted by Crippen LogP contribution is -1.98. The van der Waals surface area contributed by atoms with E-state index in [0.717, 1.165) is 11.8 Å². The van der Waals surface area contributed by atoms with Gasteiger partial charge in [-0.1, -0.05) is 46.3 Å².